The van der Waals surface area contributed by atoms with Gasteiger partial charge in [-0.25, -0.2) is 0 Å². The maximum absolute atomic E-state index is 12.3. The molecule has 0 spiro atoms. The average molecular weight is 253 g/mol. The minimum Gasteiger partial charge on any atom is -0.342 e. The second kappa shape index (κ2) is 6.02. The maximum Gasteiger partial charge on any atom is 0.236 e. The third-order valence-corrected chi connectivity index (χ3v) is 4.64. The first-order valence-corrected chi connectivity index (χ1v) is 7.38. The fraction of sp³-hybridized carbons (Fsp3) is 0.929. The van der Waals surface area contributed by atoms with E-state index in [4.69, 9.17) is 0 Å². The van der Waals surface area contributed by atoms with E-state index in [9.17, 15) is 4.79 Å². The lowest BCUT2D eigenvalue weighted by atomic mass is 9.98. The number of fused-ring (bicyclic) bond motifs is 2. The molecule has 0 saturated carbocycles. The highest BCUT2D eigenvalue weighted by molar-refractivity contribution is 5.78. The Hall–Kier alpha value is -0.610. The number of nitrogens with zero attached hydrogens (tertiary/aromatic N) is 2. The van der Waals surface area contributed by atoms with Gasteiger partial charge in [0.25, 0.3) is 0 Å². The summed E-state index contributed by atoms with van der Waals surface area (Å²) in [6.45, 7) is 6.70. The molecular formula is C14H27N3O. The number of carbonyl (C=O) groups is 1. The van der Waals surface area contributed by atoms with Gasteiger partial charge in [-0.05, 0) is 38.8 Å². The molecule has 4 nitrogen and oxygen atoms in total. The van der Waals surface area contributed by atoms with Crippen LogP contribution in [0.3, 0.4) is 0 Å². The van der Waals surface area contributed by atoms with E-state index >= 15 is 0 Å². The fourth-order valence-electron chi connectivity index (χ4n) is 3.30. The van der Waals surface area contributed by atoms with E-state index < -0.39 is 0 Å². The molecule has 0 radical (unpaired) electrons. The zero-order chi connectivity index (χ0) is 13.1. The van der Waals surface area contributed by atoms with Gasteiger partial charge in [0, 0.05) is 25.2 Å². The van der Waals surface area contributed by atoms with Crippen LogP contribution in [0.15, 0.2) is 0 Å². The molecule has 2 bridgehead atoms. The Balaban J connectivity index is 1.86. The van der Waals surface area contributed by atoms with E-state index in [1.807, 2.05) is 11.9 Å². The van der Waals surface area contributed by atoms with Gasteiger partial charge in [0.1, 0.15) is 0 Å². The summed E-state index contributed by atoms with van der Waals surface area (Å²) in [5.41, 5.74) is 0. The lowest BCUT2D eigenvalue weighted by molar-refractivity contribution is -0.133. The first kappa shape index (κ1) is 13.8. The summed E-state index contributed by atoms with van der Waals surface area (Å²) in [7, 11) is 1.99. The number of hydrogen-bond donors (Lipinski definition) is 1. The van der Waals surface area contributed by atoms with Crippen molar-refractivity contribution in [2.45, 2.75) is 57.7 Å². The third kappa shape index (κ3) is 3.04. The van der Waals surface area contributed by atoms with Crippen molar-refractivity contribution in [2.24, 2.45) is 0 Å². The number of piperidine rings is 1. The average Bonchev–Trinajstić information content (AvgIpc) is 2.73. The van der Waals surface area contributed by atoms with Crippen molar-refractivity contribution in [2.75, 3.05) is 26.7 Å². The Morgan fingerprint density at radius 2 is 1.72 bits per heavy atom. The predicted octanol–water partition coefficient (Wildman–Crippen LogP) is 1.07. The molecule has 0 aliphatic carbocycles. The molecule has 104 valence electrons. The van der Waals surface area contributed by atoms with Crippen LogP contribution in [-0.4, -0.2) is 60.5 Å². The normalized spacial score (nSPS) is 30.8. The molecule has 1 amide bonds. The summed E-state index contributed by atoms with van der Waals surface area (Å²) in [5.74, 6) is 0.282. The molecule has 4 heteroatoms. The van der Waals surface area contributed by atoms with Gasteiger partial charge in [0.15, 0.2) is 0 Å². The number of amides is 1. The molecule has 2 atom stereocenters. The maximum atomic E-state index is 12.3. The molecular weight excluding hydrogens is 226 g/mol. The van der Waals surface area contributed by atoms with E-state index in [0.29, 0.717) is 24.7 Å². The summed E-state index contributed by atoms with van der Waals surface area (Å²) in [4.78, 5) is 16.5. The number of nitrogens with one attached hydrogen (secondary N) is 1. The SMILES string of the molecule is CCN(CC)CC(=O)N(C)C1CC2CCC(C1)N2. The van der Waals surface area contributed by atoms with Gasteiger partial charge in [-0.2, -0.15) is 0 Å². The van der Waals surface area contributed by atoms with E-state index in [2.05, 4.69) is 24.1 Å². The third-order valence-electron chi connectivity index (χ3n) is 4.64. The zero-order valence-corrected chi connectivity index (χ0v) is 12.0. The van der Waals surface area contributed by atoms with Gasteiger partial charge in [0.2, 0.25) is 5.91 Å². The largest absolute Gasteiger partial charge is 0.342 e. The molecule has 2 saturated heterocycles. The van der Waals surface area contributed by atoms with Gasteiger partial charge < -0.3 is 10.2 Å². The summed E-state index contributed by atoms with van der Waals surface area (Å²) in [5, 5.41) is 3.63. The molecule has 2 unspecified atom stereocenters. The Bertz CT molecular complexity index is 279. The van der Waals surface area contributed by atoms with Crippen LogP contribution in [0.5, 0.6) is 0 Å². The molecule has 18 heavy (non-hydrogen) atoms. The first-order chi connectivity index (χ1) is 8.63. The molecule has 2 heterocycles. The molecule has 2 aliphatic rings. The second-order valence-electron chi connectivity index (χ2n) is 5.73. The topological polar surface area (TPSA) is 35.6 Å². The van der Waals surface area contributed by atoms with Crippen molar-refractivity contribution in [3.8, 4) is 0 Å². The van der Waals surface area contributed by atoms with Crippen molar-refractivity contribution in [1.82, 2.24) is 15.1 Å². The lowest BCUT2D eigenvalue weighted by Gasteiger charge is -2.36. The van der Waals surface area contributed by atoms with Gasteiger partial charge in [-0.15, -0.1) is 0 Å². The first-order valence-electron chi connectivity index (χ1n) is 7.38. The minimum atomic E-state index is 0.282. The highest BCUT2D eigenvalue weighted by Crippen LogP contribution is 2.29. The van der Waals surface area contributed by atoms with Crippen molar-refractivity contribution in [3.63, 3.8) is 0 Å². The van der Waals surface area contributed by atoms with E-state index in [1.165, 1.54) is 12.8 Å². The predicted molar refractivity (Wildman–Crippen MR) is 73.5 cm³/mol. The molecule has 0 aromatic heterocycles. The smallest absolute Gasteiger partial charge is 0.236 e. The summed E-state index contributed by atoms with van der Waals surface area (Å²) >= 11 is 0. The molecule has 2 aliphatic heterocycles. The van der Waals surface area contributed by atoms with Gasteiger partial charge >= 0.3 is 0 Å². The Morgan fingerprint density at radius 3 is 2.22 bits per heavy atom. The Kier molecular flexibility index (Phi) is 4.62. The van der Waals surface area contributed by atoms with E-state index in [1.54, 1.807) is 0 Å². The molecule has 0 aromatic rings. The van der Waals surface area contributed by atoms with Crippen molar-refractivity contribution in [1.29, 1.82) is 0 Å². The van der Waals surface area contributed by atoms with Crippen molar-refractivity contribution >= 4 is 5.91 Å². The van der Waals surface area contributed by atoms with Crippen molar-refractivity contribution in [3.05, 3.63) is 0 Å². The Morgan fingerprint density at radius 1 is 1.17 bits per heavy atom. The molecule has 2 fully saturated rings. The summed E-state index contributed by atoms with van der Waals surface area (Å²) in [6.07, 6.45) is 4.85. The zero-order valence-electron chi connectivity index (χ0n) is 12.0. The van der Waals surface area contributed by atoms with Crippen LogP contribution in [0.25, 0.3) is 0 Å². The van der Waals surface area contributed by atoms with Crippen LogP contribution in [0.4, 0.5) is 0 Å². The number of likely N-dealkylation sites (N-methyl/N-ethyl adjacent to an activating group) is 2. The van der Waals surface area contributed by atoms with E-state index in [0.717, 1.165) is 25.9 Å². The second-order valence-corrected chi connectivity index (χ2v) is 5.73. The highest BCUT2D eigenvalue weighted by atomic mass is 16.2. The number of hydrogen-bond acceptors (Lipinski definition) is 3. The van der Waals surface area contributed by atoms with Crippen LogP contribution in [-0.2, 0) is 4.79 Å². The highest BCUT2D eigenvalue weighted by Gasteiger charge is 2.36. The standard InChI is InChI=1S/C14H27N3O/c1-4-17(5-2)10-14(18)16(3)13-8-11-6-7-12(9-13)15-11/h11-13,15H,4-10H2,1-3H3. The number of carbonyl (C=O) groups excluding carboxylic acids is 1. The van der Waals surface area contributed by atoms with Gasteiger partial charge in [-0.3, -0.25) is 9.69 Å². The quantitative estimate of drug-likeness (QED) is 0.796. The Labute approximate surface area is 111 Å². The van der Waals surface area contributed by atoms with Crippen LogP contribution < -0.4 is 5.32 Å². The fourth-order valence-corrected chi connectivity index (χ4v) is 3.30. The monoisotopic (exact) mass is 253 g/mol. The summed E-state index contributed by atoms with van der Waals surface area (Å²) < 4.78 is 0. The van der Waals surface area contributed by atoms with E-state index in [-0.39, 0.29) is 5.91 Å². The summed E-state index contributed by atoms with van der Waals surface area (Å²) in [6, 6.07) is 1.75. The molecule has 2 rings (SSSR count). The van der Waals surface area contributed by atoms with Gasteiger partial charge in [0.05, 0.1) is 6.54 Å². The molecule has 1 N–H and O–H groups in total. The van der Waals surface area contributed by atoms with Crippen LogP contribution in [0.1, 0.15) is 39.5 Å². The molecule has 0 aromatic carbocycles. The van der Waals surface area contributed by atoms with Crippen LogP contribution in [0.2, 0.25) is 0 Å². The van der Waals surface area contributed by atoms with Crippen LogP contribution >= 0.6 is 0 Å². The van der Waals surface area contributed by atoms with Gasteiger partial charge in [-0.1, -0.05) is 13.8 Å². The minimum absolute atomic E-state index is 0.282. The lowest BCUT2D eigenvalue weighted by Crippen LogP contribution is -2.50. The van der Waals surface area contributed by atoms with Crippen molar-refractivity contribution < 1.29 is 4.79 Å². The van der Waals surface area contributed by atoms with Crippen LogP contribution in [0, 0.1) is 0 Å². The number of rotatable bonds is 5.